The van der Waals surface area contributed by atoms with Gasteiger partial charge in [0.15, 0.2) is 17.4 Å². The van der Waals surface area contributed by atoms with Crippen LogP contribution in [0.4, 0.5) is 4.39 Å². The maximum Gasteiger partial charge on any atom is 0.363 e. The van der Waals surface area contributed by atoms with Crippen LogP contribution < -0.4 is 4.74 Å². The molecule has 0 saturated carbocycles. The molecule has 1 N–H and O–H groups in total. The number of benzene rings is 2. The minimum absolute atomic E-state index is 0.0330. The molecule has 0 fully saturated rings. The summed E-state index contributed by atoms with van der Waals surface area (Å²) in [5.74, 6) is -3.01. The normalized spacial score (nSPS) is 14.5. The predicted molar refractivity (Wildman–Crippen MR) is 119 cm³/mol. The van der Waals surface area contributed by atoms with Gasteiger partial charge in [0.05, 0.1) is 30.9 Å². The Hall–Kier alpha value is -2.58. The quantitative estimate of drug-likeness (QED) is 0.271. The highest BCUT2D eigenvalue weighted by molar-refractivity contribution is 7.54. The highest BCUT2D eigenvalue weighted by Gasteiger charge is 2.36. The highest BCUT2D eigenvalue weighted by atomic mass is 31.2. The van der Waals surface area contributed by atoms with E-state index in [1.54, 1.807) is 38.1 Å². The lowest BCUT2D eigenvalue weighted by atomic mass is 10.1. The van der Waals surface area contributed by atoms with Gasteiger partial charge in [-0.05, 0) is 56.5 Å². The van der Waals surface area contributed by atoms with Crippen LogP contribution >= 0.6 is 7.60 Å². The predicted octanol–water partition coefficient (Wildman–Crippen LogP) is 4.54. The van der Waals surface area contributed by atoms with Crippen LogP contribution in [0.2, 0.25) is 0 Å². The third-order valence-electron chi connectivity index (χ3n) is 5.08. The van der Waals surface area contributed by atoms with E-state index in [9.17, 15) is 23.7 Å². The number of carbonyl (C=O) groups excluding carboxylic acids is 2. The Morgan fingerprint density at radius 1 is 1.00 bits per heavy atom. The Morgan fingerprint density at radius 2 is 1.61 bits per heavy atom. The molecule has 2 aromatic carbocycles. The molecule has 0 bridgehead atoms. The van der Waals surface area contributed by atoms with Crippen molar-refractivity contribution in [2.75, 3.05) is 26.4 Å². The SMILES string of the molecule is CCOP(=O)(OCC)C(O)c1ccc(OCCCCN2C(=O)c3ccccc3C2=O)c(F)c1. The van der Waals surface area contributed by atoms with Gasteiger partial charge in [0.25, 0.3) is 11.8 Å². The molecule has 2 aromatic rings. The van der Waals surface area contributed by atoms with Gasteiger partial charge in [-0.25, -0.2) is 4.39 Å². The first-order valence-electron chi connectivity index (χ1n) is 10.8. The van der Waals surface area contributed by atoms with Gasteiger partial charge in [-0.1, -0.05) is 18.2 Å². The number of aliphatic hydroxyl groups is 1. The molecule has 33 heavy (non-hydrogen) atoms. The second kappa shape index (κ2) is 11.0. The summed E-state index contributed by atoms with van der Waals surface area (Å²) in [5, 5.41) is 10.4. The fourth-order valence-electron chi connectivity index (χ4n) is 3.51. The van der Waals surface area contributed by atoms with Crippen LogP contribution in [0.1, 0.15) is 58.8 Å². The first-order chi connectivity index (χ1) is 15.8. The second-order valence-corrected chi connectivity index (χ2v) is 9.39. The third-order valence-corrected chi connectivity index (χ3v) is 7.22. The summed E-state index contributed by atoms with van der Waals surface area (Å²) >= 11 is 0. The highest BCUT2D eigenvalue weighted by Crippen LogP contribution is 2.59. The topological polar surface area (TPSA) is 102 Å². The zero-order valence-corrected chi connectivity index (χ0v) is 19.4. The minimum atomic E-state index is -3.85. The van der Waals surface area contributed by atoms with E-state index in [2.05, 4.69) is 0 Å². The number of nitrogens with zero attached hydrogens (tertiary/aromatic N) is 1. The summed E-state index contributed by atoms with van der Waals surface area (Å²) in [4.78, 5) is 25.9. The molecule has 0 saturated heterocycles. The Morgan fingerprint density at radius 3 is 2.15 bits per heavy atom. The monoisotopic (exact) mass is 479 g/mol. The molecule has 1 unspecified atom stereocenters. The average molecular weight is 479 g/mol. The molecule has 1 aliphatic heterocycles. The number of carbonyl (C=O) groups is 2. The van der Waals surface area contributed by atoms with Crippen molar-refractivity contribution in [3.8, 4) is 5.75 Å². The molecule has 3 rings (SSSR count). The molecular formula is C23H27FNO7P. The van der Waals surface area contributed by atoms with Gasteiger partial charge in [0, 0.05) is 6.54 Å². The van der Waals surface area contributed by atoms with E-state index in [1.165, 1.54) is 17.0 Å². The van der Waals surface area contributed by atoms with Crippen molar-refractivity contribution in [3.63, 3.8) is 0 Å². The smallest absolute Gasteiger partial charge is 0.363 e. The molecule has 0 aliphatic carbocycles. The molecule has 8 nitrogen and oxygen atoms in total. The lowest BCUT2D eigenvalue weighted by Crippen LogP contribution is -2.30. The molecule has 10 heteroatoms. The van der Waals surface area contributed by atoms with Crippen molar-refractivity contribution in [2.45, 2.75) is 32.5 Å². The molecule has 0 aromatic heterocycles. The number of ether oxygens (including phenoxy) is 1. The number of unbranched alkanes of at least 4 members (excludes halogenated alkanes) is 1. The minimum Gasteiger partial charge on any atom is -0.491 e. The van der Waals surface area contributed by atoms with Crippen molar-refractivity contribution in [1.82, 2.24) is 4.90 Å². The number of aliphatic hydroxyl groups excluding tert-OH is 1. The molecule has 1 atom stereocenters. The van der Waals surface area contributed by atoms with Crippen molar-refractivity contribution >= 4 is 19.4 Å². The van der Waals surface area contributed by atoms with Crippen molar-refractivity contribution in [1.29, 1.82) is 0 Å². The van der Waals surface area contributed by atoms with E-state index in [4.69, 9.17) is 13.8 Å². The van der Waals surface area contributed by atoms with Crippen LogP contribution in [0.5, 0.6) is 5.75 Å². The summed E-state index contributed by atoms with van der Waals surface area (Å²) in [6, 6.07) is 10.4. The van der Waals surface area contributed by atoms with Gasteiger partial charge in [-0.3, -0.25) is 19.1 Å². The Balaban J connectivity index is 1.51. The van der Waals surface area contributed by atoms with E-state index in [0.717, 1.165) is 6.07 Å². The Labute approximate surface area is 191 Å². The van der Waals surface area contributed by atoms with Gasteiger partial charge in [0.2, 0.25) is 0 Å². The van der Waals surface area contributed by atoms with Crippen LogP contribution in [0, 0.1) is 5.82 Å². The number of halogens is 1. The first-order valence-corrected chi connectivity index (χ1v) is 12.4. The molecule has 0 radical (unpaired) electrons. The van der Waals surface area contributed by atoms with Crippen molar-refractivity contribution in [3.05, 3.63) is 65.0 Å². The molecule has 1 aliphatic rings. The zero-order valence-electron chi connectivity index (χ0n) is 18.5. The largest absolute Gasteiger partial charge is 0.491 e. The van der Waals surface area contributed by atoms with E-state index in [-0.39, 0.29) is 49.5 Å². The van der Waals surface area contributed by atoms with Crippen LogP contribution in [0.15, 0.2) is 42.5 Å². The molecule has 2 amide bonds. The molecule has 0 spiro atoms. The standard InChI is InChI=1S/C23H27FNO7P/c1-3-31-33(29,32-4-2)23(28)16-11-12-20(19(24)15-16)30-14-8-7-13-25-21(26)17-9-5-6-10-18(17)22(25)27/h5-6,9-12,15,23,28H,3-4,7-8,13-14H2,1-2H3. The lowest BCUT2D eigenvalue weighted by Gasteiger charge is -2.22. The molecule has 178 valence electrons. The number of rotatable bonds is 12. The van der Waals surface area contributed by atoms with E-state index >= 15 is 0 Å². The van der Waals surface area contributed by atoms with Crippen molar-refractivity contribution < 1.29 is 37.4 Å². The van der Waals surface area contributed by atoms with Crippen molar-refractivity contribution in [2.24, 2.45) is 0 Å². The van der Waals surface area contributed by atoms with Crippen LogP contribution in [-0.2, 0) is 13.6 Å². The van der Waals surface area contributed by atoms with E-state index in [0.29, 0.717) is 24.0 Å². The summed E-state index contributed by atoms with van der Waals surface area (Å²) in [5.41, 5.74) is 0.860. The first kappa shape index (κ1) is 25.1. The summed E-state index contributed by atoms with van der Waals surface area (Å²) < 4.78 is 42.8. The van der Waals surface area contributed by atoms with Crippen LogP contribution in [0.3, 0.4) is 0 Å². The van der Waals surface area contributed by atoms with Gasteiger partial charge in [-0.2, -0.15) is 0 Å². The molecule has 1 heterocycles. The van der Waals surface area contributed by atoms with Gasteiger partial charge in [0.1, 0.15) is 0 Å². The maximum atomic E-state index is 14.5. The Bertz CT molecular complexity index is 1020. The number of imide groups is 1. The maximum absolute atomic E-state index is 14.5. The van der Waals surface area contributed by atoms with Crippen LogP contribution in [0.25, 0.3) is 0 Å². The van der Waals surface area contributed by atoms with E-state index < -0.39 is 19.3 Å². The van der Waals surface area contributed by atoms with Gasteiger partial charge in [-0.15, -0.1) is 0 Å². The number of hydrogen-bond donors (Lipinski definition) is 1. The van der Waals surface area contributed by atoms with Gasteiger partial charge >= 0.3 is 7.60 Å². The lowest BCUT2D eigenvalue weighted by molar-refractivity contribution is 0.0649. The second-order valence-electron chi connectivity index (χ2n) is 7.30. The summed E-state index contributed by atoms with van der Waals surface area (Å²) in [6.07, 6.45) is 0.983. The average Bonchev–Trinajstić information content (AvgIpc) is 3.04. The summed E-state index contributed by atoms with van der Waals surface area (Å²) in [7, 11) is -3.85. The number of hydrogen-bond acceptors (Lipinski definition) is 7. The molecular weight excluding hydrogens is 452 g/mol. The Kier molecular flexibility index (Phi) is 8.37. The van der Waals surface area contributed by atoms with Crippen LogP contribution in [-0.4, -0.2) is 48.2 Å². The zero-order chi connectivity index (χ0) is 24.0. The number of fused-ring (bicyclic) bond motifs is 1. The van der Waals surface area contributed by atoms with E-state index in [1.807, 2.05) is 0 Å². The fourth-order valence-corrected chi connectivity index (χ4v) is 5.11. The fraction of sp³-hybridized carbons (Fsp3) is 0.391. The summed E-state index contributed by atoms with van der Waals surface area (Å²) in [6.45, 7) is 3.78. The number of amides is 2. The third kappa shape index (κ3) is 5.50. The van der Waals surface area contributed by atoms with Gasteiger partial charge < -0.3 is 18.9 Å².